The highest BCUT2D eigenvalue weighted by Crippen LogP contribution is 2.28. The van der Waals surface area contributed by atoms with Gasteiger partial charge in [0.25, 0.3) is 0 Å². The molecule has 2 aliphatic rings. The van der Waals surface area contributed by atoms with Gasteiger partial charge in [0.15, 0.2) is 0 Å². The zero-order valence-corrected chi connectivity index (χ0v) is 12.7. The summed E-state index contributed by atoms with van der Waals surface area (Å²) in [5.74, 6) is 1.89. The SMILES string of the molecule is OCCCOC1=CC=C(c2ccc(OCC3CO3)cc2)CC1. The molecular formula is C18H22O4. The average molecular weight is 302 g/mol. The monoisotopic (exact) mass is 302 g/mol. The van der Waals surface area contributed by atoms with Gasteiger partial charge in [-0.2, -0.15) is 0 Å². The zero-order valence-electron chi connectivity index (χ0n) is 12.7. The van der Waals surface area contributed by atoms with E-state index in [-0.39, 0.29) is 12.7 Å². The fourth-order valence-electron chi connectivity index (χ4n) is 2.37. The highest BCUT2D eigenvalue weighted by molar-refractivity contribution is 5.68. The van der Waals surface area contributed by atoms with E-state index in [2.05, 4.69) is 18.2 Å². The molecule has 1 saturated heterocycles. The molecule has 1 aromatic rings. The molecule has 0 saturated carbocycles. The first-order valence-electron chi connectivity index (χ1n) is 7.83. The highest BCUT2D eigenvalue weighted by Gasteiger charge is 2.23. The summed E-state index contributed by atoms with van der Waals surface area (Å²) < 4.78 is 16.4. The first-order valence-corrected chi connectivity index (χ1v) is 7.83. The fraction of sp³-hybridized carbons (Fsp3) is 0.444. The molecule has 1 aliphatic heterocycles. The van der Waals surface area contributed by atoms with Crippen LogP contribution in [0.5, 0.6) is 5.75 Å². The van der Waals surface area contributed by atoms with Crippen molar-refractivity contribution < 1.29 is 19.3 Å². The van der Waals surface area contributed by atoms with Gasteiger partial charge in [-0.05, 0) is 35.8 Å². The maximum Gasteiger partial charge on any atom is 0.119 e. The summed E-state index contributed by atoms with van der Waals surface area (Å²) in [6.45, 7) is 2.22. The van der Waals surface area contributed by atoms with Crippen molar-refractivity contribution in [3.05, 3.63) is 47.7 Å². The number of hydrogen-bond acceptors (Lipinski definition) is 4. The third kappa shape index (κ3) is 4.36. The van der Waals surface area contributed by atoms with E-state index in [0.29, 0.717) is 19.6 Å². The molecule has 1 N–H and O–H groups in total. The van der Waals surface area contributed by atoms with Gasteiger partial charge in [0, 0.05) is 19.4 Å². The molecule has 4 nitrogen and oxygen atoms in total. The average Bonchev–Trinajstić information content (AvgIpc) is 3.39. The maximum absolute atomic E-state index is 8.75. The molecule has 0 amide bonds. The molecule has 1 aliphatic carbocycles. The number of benzene rings is 1. The van der Waals surface area contributed by atoms with Crippen molar-refractivity contribution >= 4 is 5.57 Å². The molecule has 1 aromatic carbocycles. The van der Waals surface area contributed by atoms with Crippen molar-refractivity contribution in [3.63, 3.8) is 0 Å². The number of aliphatic hydroxyl groups is 1. The van der Waals surface area contributed by atoms with E-state index >= 15 is 0 Å². The Morgan fingerprint density at radius 3 is 2.55 bits per heavy atom. The van der Waals surface area contributed by atoms with Crippen LogP contribution in [0, 0.1) is 0 Å². The van der Waals surface area contributed by atoms with Gasteiger partial charge in [0.2, 0.25) is 0 Å². The largest absolute Gasteiger partial charge is 0.498 e. The molecule has 0 bridgehead atoms. The normalized spacial score (nSPS) is 20.1. The Morgan fingerprint density at radius 1 is 1.09 bits per heavy atom. The van der Waals surface area contributed by atoms with Crippen LogP contribution < -0.4 is 4.74 Å². The van der Waals surface area contributed by atoms with Gasteiger partial charge in [0.05, 0.1) is 19.0 Å². The molecule has 1 fully saturated rings. The number of epoxide rings is 1. The van der Waals surface area contributed by atoms with E-state index in [1.165, 1.54) is 11.1 Å². The smallest absolute Gasteiger partial charge is 0.119 e. The van der Waals surface area contributed by atoms with Gasteiger partial charge in [-0.25, -0.2) is 0 Å². The minimum absolute atomic E-state index is 0.176. The van der Waals surface area contributed by atoms with Crippen LogP contribution >= 0.6 is 0 Å². The van der Waals surface area contributed by atoms with Crippen molar-refractivity contribution in [1.29, 1.82) is 0 Å². The van der Waals surface area contributed by atoms with Gasteiger partial charge >= 0.3 is 0 Å². The van der Waals surface area contributed by atoms with Crippen LogP contribution in [0.2, 0.25) is 0 Å². The maximum atomic E-state index is 8.75. The predicted octanol–water partition coefficient (Wildman–Crippen LogP) is 2.92. The summed E-state index contributed by atoms with van der Waals surface area (Å²) >= 11 is 0. The molecule has 1 heterocycles. The summed E-state index contributed by atoms with van der Waals surface area (Å²) in [5.41, 5.74) is 2.53. The van der Waals surface area contributed by atoms with Crippen molar-refractivity contribution in [2.45, 2.75) is 25.4 Å². The highest BCUT2D eigenvalue weighted by atomic mass is 16.6. The van der Waals surface area contributed by atoms with Crippen molar-refractivity contribution in [3.8, 4) is 5.75 Å². The number of rotatable bonds is 8. The van der Waals surface area contributed by atoms with Crippen LogP contribution in [-0.2, 0) is 9.47 Å². The molecule has 0 radical (unpaired) electrons. The number of aliphatic hydroxyl groups excluding tert-OH is 1. The molecule has 0 aromatic heterocycles. The molecule has 1 unspecified atom stereocenters. The van der Waals surface area contributed by atoms with E-state index < -0.39 is 0 Å². The van der Waals surface area contributed by atoms with Gasteiger partial charge in [0.1, 0.15) is 18.5 Å². The standard InChI is InChI=1S/C18H22O4/c19-10-1-11-20-16-6-2-14(3-7-16)15-4-8-17(9-5-15)21-12-18-13-22-18/h2,4-6,8-9,18-19H,1,3,7,10-13H2. The van der Waals surface area contributed by atoms with E-state index in [9.17, 15) is 0 Å². The molecule has 0 spiro atoms. The van der Waals surface area contributed by atoms with Gasteiger partial charge < -0.3 is 19.3 Å². The van der Waals surface area contributed by atoms with Crippen LogP contribution in [0.3, 0.4) is 0 Å². The van der Waals surface area contributed by atoms with Crippen molar-refractivity contribution in [2.75, 3.05) is 26.4 Å². The lowest BCUT2D eigenvalue weighted by molar-refractivity contribution is 0.170. The summed E-state index contributed by atoms with van der Waals surface area (Å²) in [5, 5.41) is 8.75. The summed E-state index contributed by atoms with van der Waals surface area (Å²) in [6.07, 6.45) is 7.00. The van der Waals surface area contributed by atoms with Crippen molar-refractivity contribution in [1.82, 2.24) is 0 Å². The Hall–Kier alpha value is -1.78. The quantitative estimate of drug-likeness (QED) is 0.592. The summed E-state index contributed by atoms with van der Waals surface area (Å²) in [4.78, 5) is 0. The number of allylic oxidation sites excluding steroid dienone is 4. The second-order valence-corrected chi connectivity index (χ2v) is 5.54. The van der Waals surface area contributed by atoms with Gasteiger partial charge in [-0.3, -0.25) is 0 Å². The number of hydrogen-bond donors (Lipinski definition) is 1. The third-order valence-corrected chi connectivity index (χ3v) is 3.76. The molecule has 4 heteroatoms. The van der Waals surface area contributed by atoms with Crippen LogP contribution in [0.15, 0.2) is 42.2 Å². The van der Waals surface area contributed by atoms with Crippen LogP contribution in [0.4, 0.5) is 0 Å². The molecule has 22 heavy (non-hydrogen) atoms. The lowest BCUT2D eigenvalue weighted by Gasteiger charge is -2.16. The van der Waals surface area contributed by atoms with Gasteiger partial charge in [-0.15, -0.1) is 0 Å². The molecule has 3 rings (SSSR count). The Labute approximate surface area is 131 Å². The minimum atomic E-state index is 0.176. The topological polar surface area (TPSA) is 51.2 Å². The second-order valence-electron chi connectivity index (χ2n) is 5.54. The van der Waals surface area contributed by atoms with E-state index in [1.807, 2.05) is 18.2 Å². The van der Waals surface area contributed by atoms with E-state index in [1.54, 1.807) is 0 Å². The second kappa shape index (κ2) is 7.47. The van der Waals surface area contributed by atoms with E-state index in [0.717, 1.165) is 31.0 Å². The van der Waals surface area contributed by atoms with Gasteiger partial charge in [-0.1, -0.05) is 18.2 Å². The molecular weight excluding hydrogens is 280 g/mol. The zero-order chi connectivity index (χ0) is 15.2. The lowest BCUT2D eigenvalue weighted by atomic mass is 9.96. The van der Waals surface area contributed by atoms with Crippen molar-refractivity contribution in [2.24, 2.45) is 0 Å². The Balaban J connectivity index is 1.54. The van der Waals surface area contributed by atoms with Crippen LogP contribution in [0.25, 0.3) is 5.57 Å². The summed E-state index contributed by atoms with van der Waals surface area (Å²) in [6, 6.07) is 8.21. The predicted molar refractivity (Wildman–Crippen MR) is 84.6 cm³/mol. The van der Waals surface area contributed by atoms with Crippen LogP contribution in [0.1, 0.15) is 24.8 Å². The van der Waals surface area contributed by atoms with E-state index in [4.69, 9.17) is 19.3 Å². The third-order valence-electron chi connectivity index (χ3n) is 3.76. The van der Waals surface area contributed by atoms with Crippen LogP contribution in [-0.4, -0.2) is 37.6 Å². The fourth-order valence-corrected chi connectivity index (χ4v) is 2.37. The minimum Gasteiger partial charge on any atom is -0.498 e. The Bertz CT molecular complexity index is 541. The summed E-state index contributed by atoms with van der Waals surface area (Å²) in [7, 11) is 0. The first-order chi connectivity index (χ1) is 10.8. The number of ether oxygens (including phenoxy) is 3. The Morgan fingerprint density at radius 2 is 1.91 bits per heavy atom. The lowest BCUT2D eigenvalue weighted by Crippen LogP contribution is -2.04. The Kier molecular flexibility index (Phi) is 5.14. The first kappa shape index (κ1) is 15.1. The molecule has 1 atom stereocenters. The molecule has 118 valence electrons.